The number of amides is 1. The predicted molar refractivity (Wildman–Crippen MR) is 80.8 cm³/mol. The third-order valence-corrected chi connectivity index (χ3v) is 3.52. The van der Waals surface area contributed by atoms with Gasteiger partial charge in [0.05, 0.1) is 0 Å². The average Bonchev–Trinajstić information content (AvgIpc) is 3.04. The first-order valence-electron chi connectivity index (χ1n) is 7.41. The summed E-state index contributed by atoms with van der Waals surface area (Å²) in [5.41, 5.74) is 0. The number of rotatable bonds is 5. The normalized spacial score (nSPS) is 19.7. The van der Waals surface area contributed by atoms with Crippen LogP contribution in [-0.2, 0) is 11.3 Å². The minimum atomic E-state index is -0.625. The van der Waals surface area contributed by atoms with Crippen LogP contribution in [0.4, 0.5) is 0 Å². The summed E-state index contributed by atoms with van der Waals surface area (Å²) in [6, 6.07) is 9.26. The Hall–Kier alpha value is -2.50. The van der Waals surface area contributed by atoms with E-state index < -0.39 is 6.10 Å². The number of hydrogen-bond donors (Lipinski definition) is 1. The molecule has 6 nitrogen and oxygen atoms in total. The number of fused-ring (bicyclic) bond motifs is 1. The quantitative estimate of drug-likeness (QED) is 0.852. The second-order valence-corrected chi connectivity index (χ2v) is 5.22. The van der Waals surface area contributed by atoms with Crippen LogP contribution in [0.5, 0.6) is 11.5 Å². The topological polar surface area (TPSA) is 65.4 Å². The molecule has 0 spiro atoms. The average molecular weight is 301 g/mol. The zero-order valence-electron chi connectivity index (χ0n) is 12.4. The maximum Gasteiger partial charge on any atom is 0.265 e. The van der Waals surface area contributed by atoms with Gasteiger partial charge >= 0.3 is 0 Å². The van der Waals surface area contributed by atoms with Crippen LogP contribution in [0, 0.1) is 0 Å². The molecule has 0 aliphatic carbocycles. The lowest BCUT2D eigenvalue weighted by molar-refractivity contribution is -0.133. The van der Waals surface area contributed by atoms with Crippen LogP contribution in [0.1, 0.15) is 13.3 Å². The fourth-order valence-electron chi connectivity index (χ4n) is 2.39. The zero-order chi connectivity index (χ0) is 15.4. The van der Waals surface area contributed by atoms with E-state index in [2.05, 4.69) is 10.4 Å². The van der Waals surface area contributed by atoms with E-state index in [4.69, 9.17) is 9.47 Å². The Morgan fingerprint density at radius 1 is 1.27 bits per heavy atom. The van der Waals surface area contributed by atoms with Gasteiger partial charge in [0.15, 0.2) is 11.5 Å². The van der Waals surface area contributed by atoms with Gasteiger partial charge in [-0.15, -0.1) is 0 Å². The summed E-state index contributed by atoms with van der Waals surface area (Å²) >= 11 is 0. The Labute approximate surface area is 129 Å². The molecule has 0 fully saturated rings. The summed E-state index contributed by atoms with van der Waals surface area (Å²) in [5, 5.41) is 7.01. The molecule has 0 unspecified atom stereocenters. The number of benzene rings is 1. The number of nitrogens with one attached hydrogen (secondary N) is 1. The highest BCUT2D eigenvalue weighted by Gasteiger charge is 2.33. The van der Waals surface area contributed by atoms with Crippen molar-refractivity contribution >= 4 is 5.91 Å². The van der Waals surface area contributed by atoms with Gasteiger partial charge in [0.25, 0.3) is 5.91 Å². The van der Waals surface area contributed by atoms with Crippen LogP contribution in [0.15, 0.2) is 42.7 Å². The molecule has 1 aromatic carbocycles. The van der Waals surface area contributed by atoms with Gasteiger partial charge in [-0.25, -0.2) is 0 Å². The van der Waals surface area contributed by atoms with Crippen molar-refractivity contribution in [3.8, 4) is 11.5 Å². The molecule has 1 amide bonds. The van der Waals surface area contributed by atoms with Crippen LogP contribution >= 0.6 is 0 Å². The van der Waals surface area contributed by atoms with Crippen molar-refractivity contribution in [1.29, 1.82) is 0 Å². The Bertz CT molecular complexity index is 627. The highest BCUT2D eigenvalue weighted by molar-refractivity contribution is 5.82. The number of carbonyl (C=O) groups excluding carboxylic acids is 1. The Morgan fingerprint density at radius 2 is 2.05 bits per heavy atom. The molecule has 1 N–H and O–H groups in total. The van der Waals surface area contributed by atoms with Crippen molar-refractivity contribution < 1.29 is 14.3 Å². The lowest BCUT2D eigenvalue weighted by Gasteiger charge is -2.31. The smallest absolute Gasteiger partial charge is 0.265 e. The molecule has 0 saturated carbocycles. The number of para-hydroxylation sites is 2. The van der Waals surface area contributed by atoms with Crippen molar-refractivity contribution in [2.24, 2.45) is 0 Å². The molecule has 6 heteroatoms. The highest BCUT2D eigenvalue weighted by Crippen LogP contribution is 2.33. The molecule has 2 aromatic rings. The summed E-state index contributed by atoms with van der Waals surface area (Å²) in [5.74, 6) is 1.14. The van der Waals surface area contributed by atoms with E-state index in [0.29, 0.717) is 18.0 Å². The summed E-state index contributed by atoms with van der Waals surface area (Å²) in [7, 11) is 0. The first-order chi connectivity index (χ1) is 10.7. The van der Waals surface area contributed by atoms with E-state index in [-0.39, 0.29) is 12.0 Å². The minimum absolute atomic E-state index is 0.150. The van der Waals surface area contributed by atoms with Gasteiger partial charge < -0.3 is 14.8 Å². The van der Waals surface area contributed by atoms with E-state index in [9.17, 15) is 4.79 Å². The second kappa shape index (κ2) is 6.51. The number of ether oxygens (including phenoxy) is 2. The molecule has 0 radical (unpaired) electrons. The first-order valence-corrected chi connectivity index (χ1v) is 7.41. The van der Waals surface area contributed by atoms with Gasteiger partial charge in [0, 0.05) is 25.5 Å². The van der Waals surface area contributed by atoms with Crippen LogP contribution in [0.3, 0.4) is 0 Å². The molecule has 2 atom stereocenters. The van der Waals surface area contributed by atoms with Crippen molar-refractivity contribution in [1.82, 2.24) is 15.1 Å². The van der Waals surface area contributed by atoms with Gasteiger partial charge in [-0.3, -0.25) is 9.48 Å². The number of hydrogen-bond acceptors (Lipinski definition) is 4. The van der Waals surface area contributed by atoms with Crippen LogP contribution in [0.25, 0.3) is 0 Å². The maximum absolute atomic E-state index is 12.2. The number of aryl methyl sites for hydroxylation is 1. The fourth-order valence-corrected chi connectivity index (χ4v) is 2.39. The second-order valence-electron chi connectivity index (χ2n) is 5.22. The Kier molecular flexibility index (Phi) is 4.27. The Balaban J connectivity index is 1.50. The van der Waals surface area contributed by atoms with Crippen molar-refractivity contribution in [3.05, 3.63) is 42.7 Å². The summed E-state index contributed by atoms with van der Waals surface area (Å²) < 4.78 is 13.3. The number of nitrogens with zero attached hydrogens (tertiary/aromatic N) is 2. The first kappa shape index (κ1) is 14.4. The molecule has 22 heavy (non-hydrogen) atoms. The highest BCUT2D eigenvalue weighted by atomic mass is 16.6. The van der Waals surface area contributed by atoms with Crippen LogP contribution < -0.4 is 14.8 Å². The van der Waals surface area contributed by atoms with Gasteiger partial charge in [-0.05, 0) is 31.5 Å². The minimum Gasteiger partial charge on any atom is -0.482 e. The molecule has 116 valence electrons. The van der Waals surface area contributed by atoms with Crippen molar-refractivity contribution in [2.75, 3.05) is 6.54 Å². The van der Waals surface area contributed by atoms with E-state index >= 15 is 0 Å². The molecule has 1 aliphatic heterocycles. The largest absolute Gasteiger partial charge is 0.482 e. The molecule has 3 rings (SSSR count). The van der Waals surface area contributed by atoms with Crippen LogP contribution in [0.2, 0.25) is 0 Å². The SMILES string of the molecule is C[C@@H]1Oc2ccccc2O[C@@H]1C(=O)NCCCn1cccn1. The summed E-state index contributed by atoms with van der Waals surface area (Å²) in [4.78, 5) is 12.2. The predicted octanol–water partition coefficient (Wildman–Crippen LogP) is 1.62. The molecular formula is C16H19N3O3. The van der Waals surface area contributed by atoms with Gasteiger partial charge in [-0.2, -0.15) is 5.10 Å². The van der Waals surface area contributed by atoms with Crippen molar-refractivity contribution in [3.63, 3.8) is 0 Å². The van der Waals surface area contributed by atoms with Crippen LogP contribution in [-0.4, -0.2) is 34.4 Å². The number of aromatic nitrogens is 2. The van der Waals surface area contributed by atoms with E-state index in [0.717, 1.165) is 13.0 Å². The monoisotopic (exact) mass is 301 g/mol. The lowest BCUT2D eigenvalue weighted by atomic mass is 10.1. The van der Waals surface area contributed by atoms with E-state index in [1.807, 2.05) is 42.1 Å². The molecule has 0 saturated heterocycles. The van der Waals surface area contributed by atoms with Crippen molar-refractivity contribution in [2.45, 2.75) is 32.1 Å². The van der Waals surface area contributed by atoms with E-state index in [1.165, 1.54) is 0 Å². The van der Waals surface area contributed by atoms with E-state index in [1.54, 1.807) is 12.3 Å². The maximum atomic E-state index is 12.2. The third kappa shape index (κ3) is 3.21. The summed E-state index contributed by atoms with van der Waals surface area (Å²) in [6.07, 6.45) is 3.51. The molecular weight excluding hydrogens is 282 g/mol. The lowest BCUT2D eigenvalue weighted by Crippen LogP contribution is -2.49. The summed E-state index contributed by atoms with van der Waals surface area (Å²) in [6.45, 7) is 3.19. The zero-order valence-corrected chi connectivity index (χ0v) is 12.4. The Morgan fingerprint density at radius 3 is 2.77 bits per heavy atom. The van der Waals surface area contributed by atoms with Gasteiger partial charge in [0.2, 0.25) is 6.10 Å². The molecule has 2 heterocycles. The number of carbonyl (C=O) groups is 1. The molecule has 0 bridgehead atoms. The standard InChI is InChI=1S/C16H19N3O3/c1-12-15(22-14-7-3-2-6-13(14)21-12)16(20)17-8-4-10-19-11-5-9-18-19/h2-3,5-7,9,11-12,15H,4,8,10H2,1H3,(H,17,20)/t12-,15-/m0/s1. The molecule has 1 aliphatic rings. The van der Waals surface area contributed by atoms with Gasteiger partial charge in [-0.1, -0.05) is 12.1 Å². The third-order valence-electron chi connectivity index (χ3n) is 3.52. The molecule has 1 aromatic heterocycles. The van der Waals surface area contributed by atoms with Gasteiger partial charge in [0.1, 0.15) is 6.10 Å². The fraction of sp³-hybridized carbons (Fsp3) is 0.375.